The van der Waals surface area contributed by atoms with Crippen LogP contribution in [-0.2, 0) is 0 Å². The Balaban J connectivity index is 1.74. The van der Waals surface area contributed by atoms with Gasteiger partial charge in [-0.25, -0.2) is 4.63 Å². The van der Waals surface area contributed by atoms with Crippen LogP contribution in [-0.4, -0.2) is 16.9 Å². The zero-order valence-electron chi connectivity index (χ0n) is 12.4. The summed E-state index contributed by atoms with van der Waals surface area (Å²) in [6.45, 7) is 5.49. The number of unbranched alkanes of at least 4 members (excludes halogenated alkanes) is 3. The maximum absolute atomic E-state index is 5.81. The molecule has 0 amide bonds. The highest BCUT2D eigenvalue weighted by Crippen LogP contribution is 2.25. The number of nitrogens with zero attached hydrogens (tertiary/aromatic N) is 2. The Morgan fingerprint density at radius 3 is 2.65 bits per heavy atom. The van der Waals surface area contributed by atoms with Crippen LogP contribution >= 0.6 is 0 Å². The summed E-state index contributed by atoms with van der Waals surface area (Å²) in [5.74, 6) is 0.816. The molecule has 110 valence electrons. The highest BCUT2D eigenvalue weighted by Gasteiger charge is 2.09. The topological polar surface area (TPSA) is 77.0 Å². The molecule has 2 rings (SSSR count). The Kier molecular flexibility index (Phi) is 5.21. The molecule has 1 aromatic heterocycles. The SMILES string of the molecule is CC(C)CCCCCCNc1ccc(N)c2nonc12. The lowest BCUT2D eigenvalue weighted by Gasteiger charge is -2.07. The summed E-state index contributed by atoms with van der Waals surface area (Å²) in [6.07, 6.45) is 6.39. The molecule has 1 heterocycles. The van der Waals surface area contributed by atoms with E-state index in [9.17, 15) is 0 Å². The number of nitrogens with two attached hydrogens (primary N) is 1. The molecular formula is C15H24N4O. The average Bonchev–Trinajstić information content (AvgIpc) is 2.90. The molecule has 2 aromatic rings. The minimum Gasteiger partial charge on any atom is -0.397 e. The summed E-state index contributed by atoms with van der Waals surface area (Å²) >= 11 is 0. The first-order valence-electron chi connectivity index (χ1n) is 7.43. The van der Waals surface area contributed by atoms with Crippen molar-refractivity contribution in [3.8, 4) is 0 Å². The van der Waals surface area contributed by atoms with Gasteiger partial charge in [0.2, 0.25) is 0 Å². The van der Waals surface area contributed by atoms with Crippen LogP contribution in [0.2, 0.25) is 0 Å². The van der Waals surface area contributed by atoms with E-state index in [-0.39, 0.29) is 0 Å². The molecule has 0 saturated heterocycles. The quantitative estimate of drug-likeness (QED) is 0.566. The number of aromatic nitrogens is 2. The fourth-order valence-corrected chi connectivity index (χ4v) is 2.28. The lowest BCUT2D eigenvalue weighted by atomic mass is 10.0. The maximum Gasteiger partial charge on any atom is 0.160 e. The van der Waals surface area contributed by atoms with Gasteiger partial charge < -0.3 is 11.1 Å². The van der Waals surface area contributed by atoms with Gasteiger partial charge in [0.25, 0.3) is 0 Å². The number of rotatable bonds is 8. The molecule has 5 nitrogen and oxygen atoms in total. The molecule has 0 unspecified atom stereocenters. The summed E-state index contributed by atoms with van der Waals surface area (Å²) in [5.41, 5.74) is 8.70. The van der Waals surface area contributed by atoms with E-state index in [0.29, 0.717) is 16.7 Å². The molecule has 0 radical (unpaired) electrons. The van der Waals surface area contributed by atoms with Crippen LogP contribution in [0.4, 0.5) is 11.4 Å². The third-order valence-corrected chi connectivity index (χ3v) is 3.47. The van der Waals surface area contributed by atoms with Gasteiger partial charge in [-0.1, -0.05) is 39.5 Å². The maximum atomic E-state index is 5.81. The summed E-state index contributed by atoms with van der Waals surface area (Å²) in [5, 5.41) is 11.1. The van der Waals surface area contributed by atoms with E-state index in [0.717, 1.165) is 24.6 Å². The van der Waals surface area contributed by atoms with Gasteiger partial charge in [-0.15, -0.1) is 0 Å². The highest BCUT2D eigenvalue weighted by molar-refractivity contribution is 5.94. The monoisotopic (exact) mass is 276 g/mol. The van der Waals surface area contributed by atoms with Gasteiger partial charge in [0.1, 0.15) is 0 Å². The van der Waals surface area contributed by atoms with Gasteiger partial charge in [-0.05, 0) is 34.8 Å². The zero-order chi connectivity index (χ0) is 14.4. The fourth-order valence-electron chi connectivity index (χ4n) is 2.28. The Bertz CT molecular complexity index is 536. The first kappa shape index (κ1) is 14.6. The molecule has 0 aliphatic rings. The van der Waals surface area contributed by atoms with Gasteiger partial charge in [-0.3, -0.25) is 0 Å². The van der Waals surface area contributed by atoms with E-state index in [2.05, 4.69) is 29.5 Å². The molecule has 3 N–H and O–H groups in total. The highest BCUT2D eigenvalue weighted by atomic mass is 16.6. The number of nitrogen functional groups attached to an aromatic ring is 1. The van der Waals surface area contributed by atoms with Gasteiger partial charge in [0.15, 0.2) is 11.0 Å². The van der Waals surface area contributed by atoms with Crippen molar-refractivity contribution in [1.82, 2.24) is 10.3 Å². The predicted molar refractivity (Wildman–Crippen MR) is 82.6 cm³/mol. The van der Waals surface area contributed by atoms with Crippen molar-refractivity contribution in [2.75, 3.05) is 17.6 Å². The molecule has 20 heavy (non-hydrogen) atoms. The molecule has 0 fully saturated rings. The van der Waals surface area contributed by atoms with Crippen molar-refractivity contribution in [3.05, 3.63) is 12.1 Å². The summed E-state index contributed by atoms with van der Waals surface area (Å²) in [4.78, 5) is 0. The van der Waals surface area contributed by atoms with E-state index in [1.54, 1.807) is 0 Å². The normalized spacial score (nSPS) is 11.3. The van der Waals surface area contributed by atoms with Gasteiger partial charge in [0, 0.05) is 6.54 Å². The number of benzene rings is 1. The number of hydrogen-bond acceptors (Lipinski definition) is 5. The van der Waals surface area contributed by atoms with Crippen molar-refractivity contribution in [1.29, 1.82) is 0 Å². The van der Waals surface area contributed by atoms with E-state index >= 15 is 0 Å². The molecule has 0 spiro atoms. The number of hydrogen-bond donors (Lipinski definition) is 2. The molecule has 5 heteroatoms. The Labute approximate surface area is 119 Å². The van der Waals surface area contributed by atoms with Gasteiger partial charge in [-0.2, -0.15) is 0 Å². The van der Waals surface area contributed by atoms with Crippen LogP contribution < -0.4 is 11.1 Å². The third-order valence-electron chi connectivity index (χ3n) is 3.47. The fraction of sp³-hybridized carbons (Fsp3) is 0.600. The zero-order valence-corrected chi connectivity index (χ0v) is 12.4. The first-order chi connectivity index (χ1) is 9.68. The second-order valence-corrected chi connectivity index (χ2v) is 5.69. The summed E-state index contributed by atoms with van der Waals surface area (Å²) in [7, 11) is 0. The average molecular weight is 276 g/mol. The molecule has 0 aliphatic carbocycles. The predicted octanol–water partition coefficient (Wildman–Crippen LogP) is 3.82. The van der Waals surface area contributed by atoms with Crippen molar-refractivity contribution in [2.45, 2.75) is 46.0 Å². The molecule has 0 atom stereocenters. The van der Waals surface area contributed by atoms with Crippen LogP contribution in [0, 0.1) is 5.92 Å². The van der Waals surface area contributed by atoms with Crippen molar-refractivity contribution in [3.63, 3.8) is 0 Å². The third kappa shape index (κ3) is 3.85. The molecule has 0 bridgehead atoms. The largest absolute Gasteiger partial charge is 0.397 e. The molecule has 1 aromatic carbocycles. The second-order valence-electron chi connectivity index (χ2n) is 5.69. The lowest BCUT2D eigenvalue weighted by Crippen LogP contribution is -2.02. The standard InChI is InChI=1S/C15H24N4O/c1-11(2)7-5-3-4-6-10-17-13-9-8-12(16)14-15(13)19-20-18-14/h8-9,11,17H,3-7,10,16H2,1-2H3. The summed E-state index contributed by atoms with van der Waals surface area (Å²) in [6, 6.07) is 3.76. The molecule has 0 saturated carbocycles. The number of fused-ring (bicyclic) bond motifs is 1. The lowest BCUT2D eigenvalue weighted by molar-refractivity contribution is 0.316. The van der Waals surface area contributed by atoms with Crippen LogP contribution in [0.3, 0.4) is 0 Å². The van der Waals surface area contributed by atoms with E-state index in [1.165, 1.54) is 25.7 Å². The number of nitrogens with one attached hydrogen (secondary N) is 1. The van der Waals surface area contributed by atoms with Crippen LogP contribution in [0.25, 0.3) is 11.0 Å². The van der Waals surface area contributed by atoms with E-state index < -0.39 is 0 Å². The van der Waals surface area contributed by atoms with Crippen molar-refractivity contribution < 1.29 is 4.63 Å². The Hall–Kier alpha value is -1.78. The van der Waals surface area contributed by atoms with Crippen LogP contribution in [0.15, 0.2) is 16.8 Å². The Morgan fingerprint density at radius 2 is 1.85 bits per heavy atom. The van der Waals surface area contributed by atoms with Crippen LogP contribution in [0.1, 0.15) is 46.0 Å². The molecule has 0 aliphatic heterocycles. The number of anilines is 2. The minimum atomic E-state index is 0.598. The molecular weight excluding hydrogens is 252 g/mol. The second kappa shape index (κ2) is 7.12. The van der Waals surface area contributed by atoms with Gasteiger partial charge in [0.05, 0.1) is 11.4 Å². The van der Waals surface area contributed by atoms with Crippen molar-refractivity contribution in [2.24, 2.45) is 5.92 Å². The first-order valence-corrected chi connectivity index (χ1v) is 7.43. The van der Waals surface area contributed by atoms with E-state index in [4.69, 9.17) is 10.4 Å². The Morgan fingerprint density at radius 1 is 1.10 bits per heavy atom. The van der Waals surface area contributed by atoms with E-state index in [1.807, 2.05) is 12.1 Å². The van der Waals surface area contributed by atoms with Crippen LogP contribution in [0.5, 0.6) is 0 Å². The van der Waals surface area contributed by atoms with Gasteiger partial charge >= 0.3 is 0 Å². The smallest absolute Gasteiger partial charge is 0.160 e. The minimum absolute atomic E-state index is 0.598. The summed E-state index contributed by atoms with van der Waals surface area (Å²) < 4.78 is 4.75. The van der Waals surface area contributed by atoms with Crippen molar-refractivity contribution >= 4 is 22.4 Å².